The minimum absolute atomic E-state index is 0.393. The van der Waals surface area contributed by atoms with Crippen molar-refractivity contribution in [3.8, 4) is 0 Å². The molecule has 1 aromatic carbocycles. The van der Waals surface area contributed by atoms with Crippen molar-refractivity contribution in [1.29, 1.82) is 0 Å². The van der Waals surface area contributed by atoms with Crippen LogP contribution in [0, 0.1) is 0 Å². The van der Waals surface area contributed by atoms with Gasteiger partial charge in [-0.25, -0.2) is 0 Å². The van der Waals surface area contributed by atoms with Crippen LogP contribution >= 0.6 is 11.8 Å². The van der Waals surface area contributed by atoms with Gasteiger partial charge in [0.1, 0.15) is 0 Å². The van der Waals surface area contributed by atoms with Crippen LogP contribution in [-0.2, 0) is 0 Å². The summed E-state index contributed by atoms with van der Waals surface area (Å²) in [5, 5.41) is 0. The van der Waals surface area contributed by atoms with Gasteiger partial charge in [0.25, 0.3) is 0 Å². The van der Waals surface area contributed by atoms with Crippen molar-refractivity contribution < 1.29 is 0 Å². The molecule has 2 nitrogen and oxygen atoms in total. The molecule has 0 amide bonds. The second-order valence-electron chi connectivity index (χ2n) is 5.85. The monoisotopic (exact) mass is 276 g/mol. The lowest BCUT2D eigenvalue weighted by Crippen LogP contribution is -2.45. The van der Waals surface area contributed by atoms with Crippen molar-refractivity contribution in [2.24, 2.45) is 5.73 Å². The fourth-order valence-electron chi connectivity index (χ4n) is 3.07. The Morgan fingerprint density at radius 2 is 2.05 bits per heavy atom. The predicted molar refractivity (Wildman–Crippen MR) is 83.7 cm³/mol. The van der Waals surface area contributed by atoms with Gasteiger partial charge < -0.3 is 5.73 Å². The van der Waals surface area contributed by atoms with Crippen molar-refractivity contribution in [3.05, 3.63) is 35.4 Å². The Morgan fingerprint density at radius 1 is 1.32 bits per heavy atom. The molecule has 3 rings (SSSR count). The highest BCUT2D eigenvalue weighted by Crippen LogP contribution is 2.40. The molecule has 0 radical (unpaired) electrons. The second-order valence-corrected chi connectivity index (χ2v) is 7.00. The Kier molecular flexibility index (Phi) is 4.15. The molecular formula is C16H24N2S. The molecule has 2 aliphatic rings. The van der Waals surface area contributed by atoms with Crippen LogP contribution in [0.3, 0.4) is 0 Å². The maximum atomic E-state index is 6.06. The van der Waals surface area contributed by atoms with Crippen LogP contribution in [-0.4, -0.2) is 35.5 Å². The summed E-state index contributed by atoms with van der Waals surface area (Å²) in [7, 11) is 0. The van der Waals surface area contributed by atoms with Crippen molar-refractivity contribution in [2.75, 3.05) is 24.6 Å². The van der Waals surface area contributed by atoms with Crippen molar-refractivity contribution >= 4 is 11.8 Å². The van der Waals surface area contributed by atoms with Gasteiger partial charge in [-0.05, 0) is 36.8 Å². The summed E-state index contributed by atoms with van der Waals surface area (Å²) in [6, 6.07) is 10.3. The first-order chi connectivity index (χ1) is 9.29. The van der Waals surface area contributed by atoms with Gasteiger partial charge in [-0.1, -0.05) is 24.3 Å². The molecule has 1 saturated carbocycles. The van der Waals surface area contributed by atoms with Gasteiger partial charge in [0.05, 0.1) is 0 Å². The van der Waals surface area contributed by atoms with Gasteiger partial charge in [0.2, 0.25) is 0 Å². The molecule has 2 unspecified atom stereocenters. The molecule has 19 heavy (non-hydrogen) atoms. The standard InChI is InChI=1S/C16H24N2S/c1-12-11-19-9-8-18(12)16(10-17)15-6-4-14(5-7-15)13-2-3-13/h4-7,12-13,16H,2-3,8-11,17H2,1H3. The lowest BCUT2D eigenvalue weighted by atomic mass is 10.0. The number of rotatable bonds is 4. The lowest BCUT2D eigenvalue weighted by molar-refractivity contribution is 0.166. The van der Waals surface area contributed by atoms with Crippen LogP contribution in [0.4, 0.5) is 0 Å². The summed E-state index contributed by atoms with van der Waals surface area (Å²) in [5.41, 5.74) is 8.97. The molecule has 2 atom stereocenters. The van der Waals surface area contributed by atoms with Gasteiger partial charge in [-0.3, -0.25) is 4.90 Å². The molecule has 1 heterocycles. The van der Waals surface area contributed by atoms with Crippen molar-refractivity contribution in [1.82, 2.24) is 4.90 Å². The summed E-state index contributed by atoms with van der Waals surface area (Å²) in [5.74, 6) is 3.31. The largest absolute Gasteiger partial charge is 0.329 e. The molecule has 1 saturated heterocycles. The van der Waals surface area contributed by atoms with Gasteiger partial charge in [-0.15, -0.1) is 0 Å². The van der Waals surface area contributed by atoms with Crippen molar-refractivity contribution in [3.63, 3.8) is 0 Å². The van der Waals surface area contributed by atoms with Crippen LogP contribution in [0.1, 0.15) is 42.9 Å². The number of hydrogen-bond acceptors (Lipinski definition) is 3. The minimum Gasteiger partial charge on any atom is -0.329 e. The molecule has 1 aliphatic carbocycles. The van der Waals surface area contributed by atoms with Crippen LogP contribution < -0.4 is 5.73 Å². The summed E-state index contributed by atoms with van der Waals surface area (Å²) in [4.78, 5) is 2.59. The molecule has 2 N–H and O–H groups in total. The van der Waals surface area contributed by atoms with Gasteiger partial charge in [-0.2, -0.15) is 11.8 Å². The Balaban J connectivity index is 1.76. The van der Waals surface area contributed by atoms with E-state index in [2.05, 4.69) is 47.9 Å². The van der Waals surface area contributed by atoms with E-state index in [1.54, 1.807) is 0 Å². The molecule has 0 aromatic heterocycles. The molecule has 0 spiro atoms. The zero-order valence-corrected chi connectivity index (χ0v) is 12.5. The van der Waals surface area contributed by atoms with E-state index in [0.717, 1.165) is 19.0 Å². The summed E-state index contributed by atoms with van der Waals surface area (Å²) >= 11 is 2.06. The normalized spacial score (nSPS) is 26.3. The zero-order valence-electron chi connectivity index (χ0n) is 11.7. The van der Waals surface area contributed by atoms with E-state index in [4.69, 9.17) is 5.73 Å². The quantitative estimate of drug-likeness (QED) is 0.916. The zero-order chi connectivity index (χ0) is 13.2. The number of benzene rings is 1. The SMILES string of the molecule is CC1CSCCN1C(CN)c1ccc(C2CC2)cc1. The first kappa shape index (κ1) is 13.5. The number of nitrogens with two attached hydrogens (primary N) is 1. The Labute approximate surface area is 120 Å². The highest BCUT2D eigenvalue weighted by atomic mass is 32.2. The topological polar surface area (TPSA) is 29.3 Å². The fraction of sp³-hybridized carbons (Fsp3) is 0.625. The maximum absolute atomic E-state index is 6.06. The number of thioether (sulfide) groups is 1. The second kappa shape index (κ2) is 5.86. The third-order valence-corrected chi connectivity index (χ3v) is 5.60. The van der Waals surface area contributed by atoms with E-state index in [1.807, 2.05) is 0 Å². The van der Waals surface area contributed by atoms with Crippen LogP contribution in [0.2, 0.25) is 0 Å². The molecule has 104 valence electrons. The summed E-state index contributed by atoms with van der Waals surface area (Å²) < 4.78 is 0. The molecule has 2 fully saturated rings. The van der Waals surface area contributed by atoms with E-state index >= 15 is 0 Å². The summed E-state index contributed by atoms with van der Waals surface area (Å²) in [6.07, 6.45) is 2.75. The van der Waals surface area contributed by atoms with Crippen LogP contribution in [0.25, 0.3) is 0 Å². The minimum atomic E-state index is 0.393. The third-order valence-electron chi connectivity index (χ3n) is 4.41. The molecule has 0 bridgehead atoms. The van der Waals surface area contributed by atoms with E-state index in [0.29, 0.717) is 12.1 Å². The predicted octanol–water partition coefficient (Wildman–Crippen LogP) is 3.00. The van der Waals surface area contributed by atoms with E-state index in [-0.39, 0.29) is 0 Å². The van der Waals surface area contributed by atoms with Gasteiger partial charge in [0.15, 0.2) is 0 Å². The van der Waals surface area contributed by atoms with E-state index < -0.39 is 0 Å². The lowest BCUT2D eigenvalue weighted by Gasteiger charge is -2.39. The third kappa shape index (κ3) is 2.99. The number of hydrogen-bond donors (Lipinski definition) is 1. The first-order valence-electron chi connectivity index (χ1n) is 7.43. The smallest absolute Gasteiger partial charge is 0.0473 e. The van der Waals surface area contributed by atoms with E-state index in [9.17, 15) is 0 Å². The average molecular weight is 276 g/mol. The Morgan fingerprint density at radius 3 is 2.63 bits per heavy atom. The average Bonchev–Trinajstić information content (AvgIpc) is 3.27. The molecule has 1 aliphatic heterocycles. The first-order valence-corrected chi connectivity index (χ1v) is 8.58. The highest BCUT2D eigenvalue weighted by molar-refractivity contribution is 7.99. The number of nitrogens with zero attached hydrogens (tertiary/aromatic N) is 1. The molecular weight excluding hydrogens is 252 g/mol. The Hall–Kier alpha value is -0.510. The van der Waals surface area contributed by atoms with Crippen molar-refractivity contribution in [2.45, 2.75) is 37.8 Å². The fourth-order valence-corrected chi connectivity index (χ4v) is 4.11. The van der Waals surface area contributed by atoms with Gasteiger partial charge in [0, 0.05) is 36.7 Å². The maximum Gasteiger partial charge on any atom is 0.0473 e. The van der Waals surface area contributed by atoms with Gasteiger partial charge >= 0.3 is 0 Å². The van der Waals surface area contributed by atoms with E-state index in [1.165, 1.54) is 35.5 Å². The molecule has 1 aromatic rings. The highest BCUT2D eigenvalue weighted by Gasteiger charge is 2.27. The molecule has 3 heteroatoms. The summed E-state index contributed by atoms with van der Waals surface area (Å²) in [6.45, 7) is 4.21. The van der Waals surface area contributed by atoms with Crippen LogP contribution in [0.5, 0.6) is 0 Å². The van der Waals surface area contributed by atoms with Crippen LogP contribution in [0.15, 0.2) is 24.3 Å². The Bertz CT molecular complexity index is 413.